The summed E-state index contributed by atoms with van der Waals surface area (Å²) in [5.74, 6) is 0.446. The highest BCUT2D eigenvalue weighted by molar-refractivity contribution is 5.83. The molecule has 1 saturated heterocycles. The van der Waals surface area contributed by atoms with Crippen molar-refractivity contribution < 1.29 is 9.59 Å². The van der Waals surface area contributed by atoms with Gasteiger partial charge in [-0.25, -0.2) is 9.97 Å². The summed E-state index contributed by atoms with van der Waals surface area (Å²) in [4.78, 5) is 33.7. The number of amides is 2. The van der Waals surface area contributed by atoms with Gasteiger partial charge < -0.3 is 15.5 Å². The first kappa shape index (κ1) is 15.2. The number of hydrogen-bond acceptors (Lipinski definition) is 5. The van der Waals surface area contributed by atoms with E-state index in [2.05, 4.69) is 20.6 Å². The third-order valence-electron chi connectivity index (χ3n) is 3.38. The number of carbonyl (C=O) groups excluding carboxylic acids is 2. The molecule has 1 unspecified atom stereocenters. The maximum atomic E-state index is 12.1. The lowest BCUT2D eigenvalue weighted by Gasteiger charge is -2.21. The van der Waals surface area contributed by atoms with E-state index in [1.165, 1.54) is 0 Å². The Balaban J connectivity index is 1.93. The SMILES string of the molecule is Cc1cc(CNC(=O)C2CCC(=O)NC2)nc(N(C)C)n1. The van der Waals surface area contributed by atoms with Gasteiger partial charge in [-0.3, -0.25) is 9.59 Å². The zero-order valence-corrected chi connectivity index (χ0v) is 12.6. The van der Waals surface area contributed by atoms with Crippen LogP contribution in [0.4, 0.5) is 5.95 Å². The molecule has 1 aromatic rings. The Kier molecular flexibility index (Phi) is 4.72. The van der Waals surface area contributed by atoms with E-state index in [1.54, 1.807) is 0 Å². The smallest absolute Gasteiger partial charge is 0.225 e. The van der Waals surface area contributed by atoms with Crippen LogP contribution in [-0.4, -0.2) is 42.4 Å². The first-order chi connectivity index (χ1) is 9.95. The standard InChI is InChI=1S/C14H21N5O2/c1-9-6-11(18-14(17-9)19(2)3)8-16-13(21)10-4-5-12(20)15-7-10/h6,10H,4-5,7-8H2,1-3H3,(H,15,20)(H,16,21). The van der Waals surface area contributed by atoms with Gasteiger partial charge in [-0.05, 0) is 19.4 Å². The zero-order chi connectivity index (χ0) is 15.4. The second-order valence-electron chi connectivity index (χ2n) is 5.45. The molecule has 0 bridgehead atoms. The molecular formula is C14H21N5O2. The minimum atomic E-state index is -0.154. The Morgan fingerprint density at radius 2 is 2.24 bits per heavy atom. The monoisotopic (exact) mass is 291 g/mol. The van der Waals surface area contributed by atoms with E-state index in [-0.39, 0.29) is 17.7 Å². The van der Waals surface area contributed by atoms with Crippen LogP contribution in [0.3, 0.4) is 0 Å². The van der Waals surface area contributed by atoms with Crippen molar-refractivity contribution in [1.29, 1.82) is 0 Å². The largest absolute Gasteiger partial charge is 0.355 e. The lowest BCUT2D eigenvalue weighted by Crippen LogP contribution is -2.42. The number of aromatic nitrogens is 2. The normalized spacial score (nSPS) is 18.0. The number of nitrogens with zero attached hydrogens (tertiary/aromatic N) is 3. The highest BCUT2D eigenvalue weighted by Gasteiger charge is 2.24. The molecular weight excluding hydrogens is 270 g/mol. The fourth-order valence-electron chi connectivity index (χ4n) is 2.19. The second kappa shape index (κ2) is 6.51. The molecule has 1 aliphatic heterocycles. The minimum absolute atomic E-state index is 0.0149. The fourth-order valence-corrected chi connectivity index (χ4v) is 2.19. The van der Waals surface area contributed by atoms with Gasteiger partial charge in [-0.15, -0.1) is 0 Å². The van der Waals surface area contributed by atoms with Gasteiger partial charge in [-0.2, -0.15) is 0 Å². The summed E-state index contributed by atoms with van der Waals surface area (Å²) in [6, 6.07) is 1.86. The van der Waals surface area contributed by atoms with Gasteiger partial charge in [0.25, 0.3) is 0 Å². The summed E-state index contributed by atoms with van der Waals surface area (Å²) < 4.78 is 0. The number of hydrogen-bond donors (Lipinski definition) is 2. The van der Waals surface area contributed by atoms with Crippen molar-refractivity contribution in [2.45, 2.75) is 26.3 Å². The van der Waals surface area contributed by atoms with Crippen molar-refractivity contribution in [2.75, 3.05) is 25.5 Å². The Morgan fingerprint density at radius 3 is 2.86 bits per heavy atom. The van der Waals surface area contributed by atoms with Gasteiger partial charge in [0.1, 0.15) is 0 Å². The predicted molar refractivity (Wildman–Crippen MR) is 78.7 cm³/mol. The van der Waals surface area contributed by atoms with Crippen molar-refractivity contribution in [2.24, 2.45) is 5.92 Å². The number of anilines is 1. The fraction of sp³-hybridized carbons (Fsp3) is 0.571. The second-order valence-corrected chi connectivity index (χ2v) is 5.45. The molecule has 2 N–H and O–H groups in total. The predicted octanol–water partition coefficient (Wildman–Crippen LogP) is -0.00658. The topological polar surface area (TPSA) is 87.2 Å². The first-order valence-electron chi connectivity index (χ1n) is 7.02. The average molecular weight is 291 g/mol. The Labute approximate surface area is 124 Å². The van der Waals surface area contributed by atoms with Crippen molar-refractivity contribution >= 4 is 17.8 Å². The molecule has 0 saturated carbocycles. The highest BCUT2D eigenvalue weighted by Crippen LogP contribution is 2.12. The average Bonchev–Trinajstić information content (AvgIpc) is 2.45. The molecule has 0 aromatic carbocycles. The quantitative estimate of drug-likeness (QED) is 0.815. The molecule has 7 heteroatoms. The van der Waals surface area contributed by atoms with Crippen LogP contribution in [-0.2, 0) is 16.1 Å². The van der Waals surface area contributed by atoms with Crippen LogP contribution in [0.1, 0.15) is 24.2 Å². The van der Waals surface area contributed by atoms with Crippen LogP contribution in [0.2, 0.25) is 0 Å². The molecule has 1 atom stereocenters. The molecule has 1 fully saturated rings. The Bertz CT molecular complexity index is 534. The molecule has 0 aliphatic carbocycles. The summed E-state index contributed by atoms with van der Waals surface area (Å²) >= 11 is 0. The molecule has 0 radical (unpaired) electrons. The molecule has 1 aliphatic rings. The number of rotatable bonds is 4. The van der Waals surface area contributed by atoms with Gasteiger partial charge >= 0.3 is 0 Å². The van der Waals surface area contributed by atoms with Gasteiger partial charge in [0.05, 0.1) is 18.2 Å². The molecule has 0 spiro atoms. The van der Waals surface area contributed by atoms with Gasteiger partial charge in [0.2, 0.25) is 17.8 Å². The van der Waals surface area contributed by atoms with Crippen molar-refractivity contribution in [3.05, 3.63) is 17.5 Å². The van der Waals surface area contributed by atoms with Crippen molar-refractivity contribution in [1.82, 2.24) is 20.6 Å². The van der Waals surface area contributed by atoms with Gasteiger partial charge in [-0.1, -0.05) is 0 Å². The molecule has 1 aromatic heterocycles. The zero-order valence-electron chi connectivity index (χ0n) is 12.6. The molecule has 2 rings (SSSR count). The van der Waals surface area contributed by atoms with Crippen molar-refractivity contribution in [3.63, 3.8) is 0 Å². The van der Waals surface area contributed by atoms with Crippen LogP contribution >= 0.6 is 0 Å². The van der Waals surface area contributed by atoms with E-state index in [4.69, 9.17) is 0 Å². The minimum Gasteiger partial charge on any atom is -0.355 e. The number of aryl methyl sites for hydroxylation is 1. The summed E-state index contributed by atoms with van der Waals surface area (Å²) in [5, 5.41) is 5.59. The number of carbonyl (C=O) groups is 2. The van der Waals surface area contributed by atoms with Crippen LogP contribution in [0.5, 0.6) is 0 Å². The summed E-state index contributed by atoms with van der Waals surface area (Å²) in [7, 11) is 3.75. The van der Waals surface area contributed by atoms with Gasteiger partial charge in [0.15, 0.2) is 0 Å². The lowest BCUT2D eigenvalue weighted by atomic mass is 9.98. The number of piperidine rings is 1. The van der Waals surface area contributed by atoms with E-state index >= 15 is 0 Å². The van der Waals surface area contributed by atoms with Crippen LogP contribution in [0.15, 0.2) is 6.07 Å². The maximum absolute atomic E-state index is 12.1. The Hall–Kier alpha value is -2.18. The van der Waals surface area contributed by atoms with Gasteiger partial charge in [0, 0.05) is 32.8 Å². The van der Waals surface area contributed by atoms with E-state index in [1.807, 2.05) is 32.0 Å². The first-order valence-corrected chi connectivity index (χ1v) is 7.02. The lowest BCUT2D eigenvalue weighted by molar-refractivity contribution is -0.129. The molecule has 7 nitrogen and oxygen atoms in total. The van der Waals surface area contributed by atoms with E-state index < -0.39 is 0 Å². The van der Waals surface area contributed by atoms with Crippen LogP contribution < -0.4 is 15.5 Å². The summed E-state index contributed by atoms with van der Waals surface area (Å²) in [5.41, 5.74) is 1.64. The summed E-state index contributed by atoms with van der Waals surface area (Å²) in [6.07, 6.45) is 1.01. The molecule has 114 valence electrons. The Morgan fingerprint density at radius 1 is 1.48 bits per heavy atom. The van der Waals surface area contributed by atoms with Crippen LogP contribution in [0, 0.1) is 12.8 Å². The van der Waals surface area contributed by atoms with E-state index in [0.29, 0.717) is 31.9 Å². The maximum Gasteiger partial charge on any atom is 0.225 e. The van der Waals surface area contributed by atoms with Crippen LogP contribution in [0.25, 0.3) is 0 Å². The third kappa shape index (κ3) is 4.14. The van der Waals surface area contributed by atoms with Crippen molar-refractivity contribution in [3.8, 4) is 0 Å². The highest BCUT2D eigenvalue weighted by atomic mass is 16.2. The molecule has 21 heavy (non-hydrogen) atoms. The van der Waals surface area contributed by atoms with E-state index in [0.717, 1.165) is 11.4 Å². The molecule has 2 amide bonds. The number of nitrogens with one attached hydrogen (secondary N) is 2. The summed E-state index contributed by atoms with van der Waals surface area (Å²) in [6.45, 7) is 2.68. The van der Waals surface area contributed by atoms with E-state index in [9.17, 15) is 9.59 Å². The molecule has 2 heterocycles. The third-order valence-corrected chi connectivity index (χ3v) is 3.38.